The second-order valence-electron chi connectivity index (χ2n) is 9.39. The number of allylic oxidation sites excluding steroid dienone is 1. The normalized spacial score (nSPS) is 19.4. The average Bonchev–Trinajstić information content (AvgIpc) is 3.43. The van der Waals surface area contributed by atoms with Crippen LogP contribution in [0.25, 0.3) is 6.08 Å². The number of alkyl halides is 3. The molecular weight excluding hydrogens is 632 g/mol. The number of carbonyl (C=O) groups is 2. The molecule has 2 N–H and O–H groups in total. The van der Waals surface area contributed by atoms with Crippen molar-refractivity contribution in [1.82, 2.24) is 10.6 Å². The van der Waals surface area contributed by atoms with Crippen LogP contribution in [0.1, 0.15) is 46.7 Å². The van der Waals surface area contributed by atoms with Crippen molar-refractivity contribution in [3.05, 3.63) is 72.6 Å². The summed E-state index contributed by atoms with van der Waals surface area (Å²) in [5.74, 6) is -2.40. The number of ether oxygens (including phenoxy) is 1. The Morgan fingerprint density at radius 3 is 2.39 bits per heavy atom. The molecule has 2 unspecified atom stereocenters. The van der Waals surface area contributed by atoms with Gasteiger partial charge in [-0.25, -0.2) is 0 Å². The van der Waals surface area contributed by atoms with Crippen molar-refractivity contribution in [2.24, 2.45) is 5.92 Å². The lowest BCUT2D eigenvalue weighted by atomic mass is 9.97. The highest BCUT2D eigenvalue weighted by molar-refractivity contribution is 9.10. The molecule has 2 aromatic carbocycles. The number of halogens is 7. The molecular formula is C26H23BrCl3F3N2O3. The minimum Gasteiger partial charge on any atom is -0.381 e. The van der Waals surface area contributed by atoms with Gasteiger partial charge in [-0.2, -0.15) is 13.2 Å². The summed E-state index contributed by atoms with van der Waals surface area (Å²) in [7, 11) is 0. The molecule has 204 valence electrons. The first-order valence-electron chi connectivity index (χ1n) is 11.8. The lowest BCUT2D eigenvalue weighted by Gasteiger charge is -2.19. The number of hydrogen-bond donors (Lipinski definition) is 2. The van der Waals surface area contributed by atoms with E-state index in [1.165, 1.54) is 24.3 Å². The SMILES string of the molecule is O=C(NC1(C(=O)NCC2CCOC2)CC1)c1ccc(C=CC(c2cc(Cl)c(Cl)c(Cl)c2)C(F)(F)F)cc1Br. The van der Waals surface area contributed by atoms with E-state index in [2.05, 4.69) is 26.6 Å². The molecule has 38 heavy (non-hydrogen) atoms. The molecule has 4 rings (SSSR count). The third-order valence-corrected chi connectivity index (χ3v) is 8.40. The zero-order valence-corrected chi connectivity index (χ0v) is 23.7. The number of nitrogens with one attached hydrogen (secondary N) is 2. The number of benzene rings is 2. The molecule has 0 bridgehead atoms. The van der Waals surface area contributed by atoms with Gasteiger partial charge in [-0.05, 0) is 70.6 Å². The fourth-order valence-corrected chi connectivity index (χ4v) is 5.35. The molecule has 2 aromatic rings. The van der Waals surface area contributed by atoms with Gasteiger partial charge in [0.2, 0.25) is 5.91 Å². The molecule has 12 heteroatoms. The van der Waals surface area contributed by atoms with Crippen LogP contribution in [0.15, 0.2) is 40.9 Å². The van der Waals surface area contributed by atoms with Crippen LogP contribution < -0.4 is 10.6 Å². The summed E-state index contributed by atoms with van der Waals surface area (Å²) in [6.45, 7) is 1.79. The summed E-state index contributed by atoms with van der Waals surface area (Å²) in [4.78, 5) is 25.6. The first-order valence-corrected chi connectivity index (χ1v) is 13.7. The summed E-state index contributed by atoms with van der Waals surface area (Å²) >= 11 is 21.1. The molecule has 0 radical (unpaired) electrons. The van der Waals surface area contributed by atoms with Gasteiger partial charge in [-0.15, -0.1) is 0 Å². The predicted octanol–water partition coefficient (Wildman–Crippen LogP) is 7.18. The van der Waals surface area contributed by atoms with Crippen molar-refractivity contribution >= 4 is 68.6 Å². The van der Waals surface area contributed by atoms with Gasteiger partial charge < -0.3 is 15.4 Å². The van der Waals surface area contributed by atoms with Crippen molar-refractivity contribution in [3.63, 3.8) is 0 Å². The first kappa shape index (κ1) is 29.2. The van der Waals surface area contributed by atoms with Gasteiger partial charge in [0, 0.05) is 23.5 Å². The molecule has 1 heterocycles. The topological polar surface area (TPSA) is 67.4 Å². The lowest BCUT2D eigenvalue weighted by molar-refractivity contribution is -0.139. The fourth-order valence-electron chi connectivity index (χ4n) is 4.16. The van der Waals surface area contributed by atoms with E-state index in [4.69, 9.17) is 39.5 Å². The van der Waals surface area contributed by atoms with Gasteiger partial charge >= 0.3 is 6.18 Å². The Morgan fingerprint density at radius 1 is 1.16 bits per heavy atom. The van der Waals surface area contributed by atoms with E-state index >= 15 is 0 Å². The Balaban J connectivity index is 1.45. The van der Waals surface area contributed by atoms with Crippen LogP contribution >= 0.6 is 50.7 Å². The average molecular weight is 655 g/mol. The minimum atomic E-state index is -4.61. The largest absolute Gasteiger partial charge is 0.399 e. The van der Waals surface area contributed by atoms with Crippen molar-refractivity contribution in [2.75, 3.05) is 19.8 Å². The fraction of sp³-hybridized carbons (Fsp3) is 0.385. The summed E-state index contributed by atoms with van der Waals surface area (Å²) in [5.41, 5.74) is -0.424. The maximum atomic E-state index is 13.8. The van der Waals surface area contributed by atoms with E-state index in [1.54, 1.807) is 0 Å². The smallest absolute Gasteiger partial charge is 0.381 e. The maximum Gasteiger partial charge on any atom is 0.399 e. The van der Waals surface area contributed by atoms with Crippen LogP contribution in [-0.4, -0.2) is 43.3 Å². The summed E-state index contributed by atoms with van der Waals surface area (Å²) in [6.07, 6.45) is -0.389. The zero-order chi connectivity index (χ0) is 27.7. The van der Waals surface area contributed by atoms with Gasteiger partial charge in [0.05, 0.1) is 33.2 Å². The summed E-state index contributed by atoms with van der Waals surface area (Å²) in [6, 6.07) is 6.80. The van der Waals surface area contributed by atoms with Crippen LogP contribution in [0.3, 0.4) is 0 Å². The standard InChI is InChI=1S/C26H23BrCl3F3N2O3/c27-19-9-14(2-4-18(26(31,32)33)16-10-20(28)22(30)21(29)11-16)1-3-17(19)23(36)35-25(6-7-25)24(37)34-12-15-5-8-38-13-15/h1-4,9-11,15,18H,5-8,12-13H2,(H,34,37)(H,35,36). The Hall–Kier alpha value is -1.78. The third kappa shape index (κ3) is 6.86. The van der Waals surface area contributed by atoms with Gasteiger partial charge in [0.25, 0.3) is 5.91 Å². The summed E-state index contributed by atoms with van der Waals surface area (Å²) < 4.78 is 47.2. The highest BCUT2D eigenvalue weighted by atomic mass is 79.9. The number of rotatable bonds is 8. The number of amides is 2. The van der Waals surface area contributed by atoms with Crippen LogP contribution in [0.4, 0.5) is 13.2 Å². The monoisotopic (exact) mass is 652 g/mol. The van der Waals surface area contributed by atoms with E-state index in [1.807, 2.05) is 0 Å². The predicted molar refractivity (Wildman–Crippen MR) is 145 cm³/mol. The van der Waals surface area contributed by atoms with Gasteiger partial charge in [-0.3, -0.25) is 9.59 Å². The van der Waals surface area contributed by atoms with Crippen LogP contribution in [0, 0.1) is 5.92 Å². The van der Waals surface area contributed by atoms with Gasteiger partial charge in [0.15, 0.2) is 0 Å². The zero-order valence-electron chi connectivity index (χ0n) is 19.8. The van der Waals surface area contributed by atoms with Crippen molar-refractivity contribution in [3.8, 4) is 0 Å². The molecule has 2 aliphatic rings. The van der Waals surface area contributed by atoms with E-state index in [-0.39, 0.29) is 38.0 Å². The van der Waals surface area contributed by atoms with Crippen molar-refractivity contribution < 1.29 is 27.5 Å². The Kier molecular flexibility index (Phi) is 9.04. The highest BCUT2D eigenvalue weighted by Crippen LogP contribution is 2.41. The van der Waals surface area contributed by atoms with Crippen molar-refractivity contribution in [2.45, 2.75) is 36.9 Å². The van der Waals surface area contributed by atoms with Gasteiger partial charge in [-0.1, -0.05) is 53.0 Å². The third-order valence-electron chi connectivity index (χ3n) is 6.55. The Bertz CT molecular complexity index is 1240. The Labute approximate surface area is 241 Å². The van der Waals surface area contributed by atoms with Crippen LogP contribution in [0.5, 0.6) is 0 Å². The number of carbonyl (C=O) groups excluding carboxylic acids is 2. The molecule has 2 amide bonds. The minimum absolute atomic E-state index is 0.0198. The molecule has 1 saturated heterocycles. The molecule has 0 spiro atoms. The second kappa shape index (κ2) is 11.8. The molecule has 1 aliphatic carbocycles. The van der Waals surface area contributed by atoms with Crippen LogP contribution in [-0.2, 0) is 9.53 Å². The molecule has 0 aromatic heterocycles. The number of hydrogen-bond acceptors (Lipinski definition) is 3. The van der Waals surface area contributed by atoms with E-state index < -0.39 is 23.5 Å². The molecule has 2 atom stereocenters. The second-order valence-corrected chi connectivity index (χ2v) is 11.4. The molecule has 5 nitrogen and oxygen atoms in total. The van der Waals surface area contributed by atoms with E-state index in [0.717, 1.165) is 24.6 Å². The molecule has 2 fully saturated rings. The molecule has 1 saturated carbocycles. The van der Waals surface area contributed by atoms with Gasteiger partial charge in [0.1, 0.15) is 5.54 Å². The maximum absolute atomic E-state index is 13.8. The summed E-state index contributed by atoms with van der Waals surface area (Å²) in [5, 5.41) is 5.53. The highest BCUT2D eigenvalue weighted by Gasteiger charge is 2.51. The lowest BCUT2D eigenvalue weighted by Crippen LogP contribution is -2.50. The quantitative estimate of drug-likeness (QED) is 0.297. The Morgan fingerprint density at radius 2 is 1.84 bits per heavy atom. The van der Waals surface area contributed by atoms with E-state index in [9.17, 15) is 22.8 Å². The first-order chi connectivity index (χ1) is 17.9. The van der Waals surface area contributed by atoms with Crippen molar-refractivity contribution in [1.29, 1.82) is 0 Å². The molecule has 1 aliphatic heterocycles. The van der Waals surface area contributed by atoms with Crippen LogP contribution in [0.2, 0.25) is 15.1 Å². The van der Waals surface area contributed by atoms with E-state index in [0.29, 0.717) is 42.6 Å².